The summed E-state index contributed by atoms with van der Waals surface area (Å²) in [5.41, 5.74) is 0. The normalized spacial score (nSPS) is 15.7. The summed E-state index contributed by atoms with van der Waals surface area (Å²) < 4.78 is 0. The summed E-state index contributed by atoms with van der Waals surface area (Å²) in [6, 6.07) is 3.66. The van der Waals surface area contributed by atoms with Gasteiger partial charge in [0.05, 0.1) is 6.54 Å². The van der Waals surface area contributed by atoms with Crippen molar-refractivity contribution in [1.82, 2.24) is 20.4 Å². The molecule has 0 aromatic carbocycles. The molecule has 6 heteroatoms. The quantitative estimate of drug-likeness (QED) is 0.754. The summed E-state index contributed by atoms with van der Waals surface area (Å²) in [4.78, 5) is 15.7. The number of likely N-dealkylation sites (N-methyl/N-ethyl adjacent to an activating group) is 1. The number of hydrogen-bond acceptors (Lipinski definition) is 5. The minimum atomic E-state index is 0.139. The van der Waals surface area contributed by atoms with Crippen LogP contribution in [-0.4, -0.2) is 60.8 Å². The number of rotatable bonds is 3. The van der Waals surface area contributed by atoms with Crippen molar-refractivity contribution in [2.24, 2.45) is 0 Å². The molecule has 0 radical (unpaired) electrons. The van der Waals surface area contributed by atoms with Crippen LogP contribution in [0.5, 0.6) is 0 Å². The van der Waals surface area contributed by atoms with Gasteiger partial charge in [-0.2, -0.15) is 5.10 Å². The van der Waals surface area contributed by atoms with E-state index in [-0.39, 0.29) is 5.91 Å². The molecule has 1 aromatic heterocycles. The van der Waals surface area contributed by atoms with Gasteiger partial charge in [0.2, 0.25) is 5.91 Å². The maximum atomic E-state index is 12.0. The molecule has 1 N–H and O–H groups in total. The van der Waals surface area contributed by atoms with E-state index in [0.717, 1.165) is 32.0 Å². The van der Waals surface area contributed by atoms with Crippen LogP contribution in [0.2, 0.25) is 0 Å². The standard InChI is InChI=1S/C11H17N5O/c1-15(10-3-2-4-13-14-10)9-11(17)16-7-5-12-6-8-16/h2-4,12H,5-9H2,1H3. The Morgan fingerprint density at radius 1 is 1.53 bits per heavy atom. The first kappa shape index (κ1) is 11.8. The molecule has 6 nitrogen and oxygen atoms in total. The van der Waals surface area contributed by atoms with Crippen molar-refractivity contribution < 1.29 is 4.79 Å². The lowest BCUT2D eigenvalue weighted by Gasteiger charge is -2.29. The first-order chi connectivity index (χ1) is 8.27. The van der Waals surface area contributed by atoms with Crippen LogP contribution in [0.1, 0.15) is 0 Å². The lowest BCUT2D eigenvalue weighted by molar-refractivity contribution is -0.130. The van der Waals surface area contributed by atoms with E-state index in [2.05, 4.69) is 15.5 Å². The van der Waals surface area contributed by atoms with Crippen LogP contribution in [0.25, 0.3) is 0 Å². The molecule has 1 aromatic rings. The number of amides is 1. The Morgan fingerprint density at radius 2 is 2.29 bits per heavy atom. The van der Waals surface area contributed by atoms with E-state index >= 15 is 0 Å². The third-order valence-electron chi connectivity index (χ3n) is 2.79. The van der Waals surface area contributed by atoms with Crippen molar-refractivity contribution in [1.29, 1.82) is 0 Å². The number of carbonyl (C=O) groups excluding carboxylic acids is 1. The maximum Gasteiger partial charge on any atom is 0.242 e. The van der Waals surface area contributed by atoms with Crippen molar-refractivity contribution >= 4 is 11.7 Å². The van der Waals surface area contributed by atoms with Gasteiger partial charge in [0.25, 0.3) is 0 Å². The predicted molar refractivity (Wildman–Crippen MR) is 64.8 cm³/mol. The van der Waals surface area contributed by atoms with Gasteiger partial charge in [-0.1, -0.05) is 0 Å². The molecule has 0 atom stereocenters. The van der Waals surface area contributed by atoms with Crippen molar-refractivity contribution in [3.05, 3.63) is 18.3 Å². The van der Waals surface area contributed by atoms with E-state index in [1.165, 1.54) is 0 Å². The van der Waals surface area contributed by atoms with Crippen molar-refractivity contribution in [3.8, 4) is 0 Å². The topological polar surface area (TPSA) is 61.4 Å². The Kier molecular flexibility index (Phi) is 3.87. The van der Waals surface area contributed by atoms with E-state index in [0.29, 0.717) is 6.54 Å². The molecule has 0 bridgehead atoms. The van der Waals surface area contributed by atoms with Gasteiger partial charge in [0.15, 0.2) is 5.82 Å². The number of nitrogens with one attached hydrogen (secondary N) is 1. The van der Waals surface area contributed by atoms with Crippen LogP contribution >= 0.6 is 0 Å². The monoisotopic (exact) mass is 235 g/mol. The smallest absolute Gasteiger partial charge is 0.242 e. The summed E-state index contributed by atoms with van der Waals surface area (Å²) in [7, 11) is 1.85. The number of aromatic nitrogens is 2. The molecular weight excluding hydrogens is 218 g/mol. The molecule has 2 heterocycles. The summed E-state index contributed by atoms with van der Waals surface area (Å²) in [5, 5.41) is 11.0. The third kappa shape index (κ3) is 3.13. The SMILES string of the molecule is CN(CC(=O)N1CCNCC1)c1cccnn1. The molecule has 92 valence electrons. The zero-order valence-electron chi connectivity index (χ0n) is 9.96. The van der Waals surface area contributed by atoms with Crippen molar-refractivity contribution in [3.63, 3.8) is 0 Å². The number of carbonyl (C=O) groups is 1. The second-order valence-electron chi connectivity index (χ2n) is 4.07. The van der Waals surface area contributed by atoms with E-state index < -0.39 is 0 Å². The molecule has 1 aliphatic rings. The molecule has 17 heavy (non-hydrogen) atoms. The molecular formula is C11H17N5O. The summed E-state index contributed by atoms with van der Waals surface area (Å²) in [5.74, 6) is 0.857. The van der Waals surface area contributed by atoms with Crippen LogP contribution in [0.15, 0.2) is 18.3 Å². The molecule has 0 saturated carbocycles. The predicted octanol–water partition coefficient (Wildman–Crippen LogP) is -0.655. The Labute approximate surface area is 101 Å². The third-order valence-corrected chi connectivity index (χ3v) is 2.79. The average molecular weight is 235 g/mol. The lowest BCUT2D eigenvalue weighted by atomic mass is 10.3. The van der Waals surface area contributed by atoms with Crippen LogP contribution in [0, 0.1) is 0 Å². The first-order valence-corrected chi connectivity index (χ1v) is 5.75. The highest BCUT2D eigenvalue weighted by molar-refractivity contribution is 5.81. The Balaban J connectivity index is 1.89. The fourth-order valence-electron chi connectivity index (χ4n) is 1.80. The van der Waals surface area contributed by atoms with E-state index in [1.54, 1.807) is 6.20 Å². The van der Waals surface area contributed by atoms with Crippen molar-refractivity contribution in [2.75, 3.05) is 44.7 Å². The Hall–Kier alpha value is -1.69. The molecule has 0 spiro atoms. The molecule has 1 aliphatic heterocycles. The number of piperazine rings is 1. The fourth-order valence-corrected chi connectivity index (χ4v) is 1.80. The molecule has 0 aliphatic carbocycles. The highest BCUT2D eigenvalue weighted by Gasteiger charge is 2.17. The van der Waals surface area contributed by atoms with Crippen LogP contribution in [-0.2, 0) is 4.79 Å². The largest absolute Gasteiger partial charge is 0.349 e. The second-order valence-corrected chi connectivity index (χ2v) is 4.07. The van der Waals surface area contributed by atoms with Gasteiger partial charge in [0, 0.05) is 39.4 Å². The fraction of sp³-hybridized carbons (Fsp3) is 0.545. The summed E-state index contributed by atoms with van der Waals surface area (Å²) in [6.07, 6.45) is 1.62. The molecule has 0 unspecified atom stereocenters. The minimum Gasteiger partial charge on any atom is -0.349 e. The van der Waals surface area contributed by atoms with Gasteiger partial charge < -0.3 is 15.1 Å². The maximum absolute atomic E-state index is 12.0. The van der Waals surface area contributed by atoms with E-state index in [4.69, 9.17) is 0 Å². The molecule has 1 saturated heterocycles. The highest BCUT2D eigenvalue weighted by atomic mass is 16.2. The first-order valence-electron chi connectivity index (χ1n) is 5.75. The lowest BCUT2D eigenvalue weighted by Crippen LogP contribution is -2.49. The Bertz CT molecular complexity index is 363. The Morgan fingerprint density at radius 3 is 2.94 bits per heavy atom. The van der Waals surface area contributed by atoms with Gasteiger partial charge in [-0.25, -0.2) is 0 Å². The van der Waals surface area contributed by atoms with Gasteiger partial charge >= 0.3 is 0 Å². The highest BCUT2D eigenvalue weighted by Crippen LogP contribution is 2.05. The van der Waals surface area contributed by atoms with Crippen LogP contribution in [0.4, 0.5) is 5.82 Å². The number of anilines is 1. The van der Waals surface area contributed by atoms with Crippen LogP contribution < -0.4 is 10.2 Å². The summed E-state index contributed by atoms with van der Waals surface area (Å²) >= 11 is 0. The number of hydrogen-bond donors (Lipinski definition) is 1. The van der Waals surface area contributed by atoms with E-state index in [1.807, 2.05) is 29.0 Å². The van der Waals surface area contributed by atoms with Crippen molar-refractivity contribution in [2.45, 2.75) is 0 Å². The van der Waals surface area contributed by atoms with Gasteiger partial charge in [-0.05, 0) is 12.1 Å². The van der Waals surface area contributed by atoms with Gasteiger partial charge in [-0.3, -0.25) is 4.79 Å². The molecule has 2 rings (SSSR count). The molecule has 1 fully saturated rings. The van der Waals surface area contributed by atoms with Crippen LogP contribution in [0.3, 0.4) is 0 Å². The average Bonchev–Trinajstić information content (AvgIpc) is 2.40. The molecule has 1 amide bonds. The van der Waals surface area contributed by atoms with E-state index in [9.17, 15) is 4.79 Å². The van der Waals surface area contributed by atoms with Gasteiger partial charge in [0.1, 0.15) is 0 Å². The second kappa shape index (κ2) is 5.58. The minimum absolute atomic E-state index is 0.139. The summed E-state index contributed by atoms with van der Waals surface area (Å²) in [6.45, 7) is 3.67. The zero-order valence-corrected chi connectivity index (χ0v) is 9.96. The zero-order chi connectivity index (χ0) is 12.1. The number of nitrogens with zero attached hydrogens (tertiary/aromatic N) is 4. The van der Waals surface area contributed by atoms with Gasteiger partial charge in [-0.15, -0.1) is 5.10 Å².